The van der Waals surface area contributed by atoms with Crippen molar-refractivity contribution in [2.45, 2.75) is 29.5 Å². The summed E-state index contributed by atoms with van der Waals surface area (Å²) < 4.78 is 7.02. The topological polar surface area (TPSA) is 53.1 Å². The number of aryl methyl sites for hydroxylation is 1. The number of hydrogen-bond acceptors (Lipinski definition) is 4. The third-order valence-corrected chi connectivity index (χ3v) is 4.61. The van der Waals surface area contributed by atoms with Gasteiger partial charge in [-0.15, -0.1) is 11.8 Å². The molecule has 2 atom stereocenters. The number of thioether (sulfide) groups is 1. The highest BCUT2D eigenvalue weighted by molar-refractivity contribution is 7.99. The van der Waals surface area contributed by atoms with E-state index in [9.17, 15) is 0 Å². The largest absolute Gasteiger partial charge is 0.497 e. The van der Waals surface area contributed by atoms with Crippen LogP contribution in [-0.4, -0.2) is 22.9 Å². The van der Waals surface area contributed by atoms with Crippen molar-refractivity contribution in [2.75, 3.05) is 7.11 Å². The van der Waals surface area contributed by atoms with Crippen LogP contribution in [0.25, 0.3) is 0 Å². The monoisotopic (exact) mass is 291 g/mol. The number of nitrogens with two attached hydrogens (primary N) is 1. The van der Waals surface area contributed by atoms with Crippen LogP contribution in [0.4, 0.5) is 0 Å². The van der Waals surface area contributed by atoms with Crippen molar-refractivity contribution in [3.63, 3.8) is 0 Å². The molecule has 0 aliphatic rings. The maximum Gasteiger partial charge on any atom is 0.118 e. The molecule has 0 aliphatic heterocycles. The molecule has 0 aliphatic carbocycles. The fraction of sp³-hybridized carbons (Fsp3) is 0.400. The average molecular weight is 291 g/mol. The number of hydrogen-bond donors (Lipinski definition) is 1. The second kappa shape index (κ2) is 6.81. The van der Waals surface area contributed by atoms with Crippen molar-refractivity contribution in [1.82, 2.24) is 9.78 Å². The molecule has 4 nitrogen and oxygen atoms in total. The molecule has 1 aromatic carbocycles. The zero-order valence-corrected chi connectivity index (χ0v) is 12.9. The summed E-state index contributed by atoms with van der Waals surface area (Å²) in [7, 11) is 3.60. The van der Waals surface area contributed by atoms with Gasteiger partial charge in [-0.05, 0) is 24.1 Å². The van der Waals surface area contributed by atoms with Gasteiger partial charge in [-0.1, -0.05) is 19.1 Å². The molecule has 0 saturated heterocycles. The lowest BCUT2D eigenvalue weighted by atomic mass is 10.0. The summed E-state index contributed by atoms with van der Waals surface area (Å²) in [5.74, 6) is 0.865. The smallest absolute Gasteiger partial charge is 0.118 e. The van der Waals surface area contributed by atoms with E-state index in [1.807, 2.05) is 36.3 Å². The van der Waals surface area contributed by atoms with E-state index in [0.717, 1.165) is 17.1 Å². The first-order valence-corrected chi connectivity index (χ1v) is 7.56. The van der Waals surface area contributed by atoms with Crippen LogP contribution in [0, 0.1) is 0 Å². The summed E-state index contributed by atoms with van der Waals surface area (Å²) in [5, 5.41) is 4.43. The molecule has 0 radical (unpaired) electrons. The van der Waals surface area contributed by atoms with Crippen molar-refractivity contribution in [2.24, 2.45) is 12.8 Å². The highest BCUT2D eigenvalue weighted by Gasteiger charge is 2.20. The first-order chi connectivity index (χ1) is 9.63. The number of ether oxygens (including phenoxy) is 1. The zero-order valence-electron chi connectivity index (χ0n) is 12.1. The lowest BCUT2D eigenvalue weighted by Crippen LogP contribution is -2.25. The SMILES string of the molecule is CCC(N)C(Sc1cnn(C)c1)c1ccc(OC)cc1. The maximum absolute atomic E-state index is 6.30. The maximum atomic E-state index is 6.30. The van der Waals surface area contributed by atoms with Gasteiger partial charge in [0.2, 0.25) is 0 Å². The molecule has 0 spiro atoms. The molecule has 0 bridgehead atoms. The van der Waals surface area contributed by atoms with Crippen molar-refractivity contribution in [3.8, 4) is 5.75 Å². The average Bonchev–Trinajstić information content (AvgIpc) is 2.89. The zero-order chi connectivity index (χ0) is 14.5. The molecule has 1 heterocycles. The van der Waals surface area contributed by atoms with Crippen LogP contribution in [0.5, 0.6) is 5.75 Å². The predicted octanol–water partition coefficient (Wildman–Crippen LogP) is 3.00. The molecule has 2 aromatic rings. The molecule has 0 amide bonds. The number of methoxy groups -OCH3 is 1. The Balaban J connectivity index is 2.22. The summed E-state index contributed by atoms with van der Waals surface area (Å²) >= 11 is 1.76. The van der Waals surface area contributed by atoms with Crippen LogP contribution in [0.3, 0.4) is 0 Å². The third kappa shape index (κ3) is 3.55. The van der Waals surface area contributed by atoms with Crippen molar-refractivity contribution in [1.29, 1.82) is 0 Å². The second-order valence-corrected chi connectivity index (χ2v) is 5.95. The van der Waals surface area contributed by atoms with Crippen LogP contribution in [0.15, 0.2) is 41.6 Å². The Morgan fingerprint density at radius 2 is 2.05 bits per heavy atom. The number of aromatic nitrogens is 2. The summed E-state index contributed by atoms with van der Waals surface area (Å²) in [6.45, 7) is 2.12. The first kappa shape index (κ1) is 14.9. The third-order valence-electron chi connectivity index (χ3n) is 3.25. The Kier molecular flexibility index (Phi) is 5.09. The lowest BCUT2D eigenvalue weighted by molar-refractivity contribution is 0.414. The highest BCUT2D eigenvalue weighted by atomic mass is 32.2. The highest BCUT2D eigenvalue weighted by Crippen LogP contribution is 2.38. The minimum atomic E-state index is 0.105. The Morgan fingerprint density at radius 3 is 2.55 bits per heavy atom. The summed E-state index contributed by atoms with van der Waals surface area (Å²) in [5.41, 5.74) is 7.51. The van der Waals surface area contributed by atoms with Gasteiger partial charge in [-0.2, -0.15) is 5.10 Å². The van der Waals surface area contributed by atoms with Gasteiger partial charge < -0.3 is 10.5 Å². The van der Waals surface area contributed by atoms with Crippen LogP contribution in [0.2, 0.25) is 0 Å². The molecule has 0 saturated carbocycles. The standard InChI is InChI=1S/C15H21N3OS/c1-4-14(16)15(20-13-9-17-18(2)10-13)11-5-7-12(19-3)8-6-11/h5-10,14-15H,4,16H2,1-3H3. The van der Waals surface area contributed by atoms with Gasteiger partial charge in [0.1, 0.15) is 5.75 Å². The fourth-order valence-corrected chi connectivity index (χ4v) is 3.29. The number of nitrogens with zero attached hydrogens (tertiary/aromatic N) is 2. The molecular formula is C15H21N3OS. The number of benzene rings is 1. The first-order valence-electron chi connectivity index (χ1n) is 6.69. The van der Waals surface area contributed by atoms with Gasteiger partial charge in [-0.3, -0.25) is 4.68 Å². The lowest BCUT2D eigenvalue weighted by Gasteiger charge is -2.22. The molecule has 2 rings (SSSR count). The van der Waals surface area contributed by atoms with Crippen molar-refractivity contribution in [3.05, 3.63) is 42.2 Å². The van der Waals surface area contributed by atoms with E-state index in [4.69, 9.17) is 10.5 Å². The molecule has 108 valence electrons. The quantitative estimate of drug-likeness (QED) is 0.831. The second-order valence-electron chi connectivity index (χ2n) is 4.73. The van der Waals surface area contributed by atoms with E-state index in [1.165, 1.54) is 5.56 Å². The van der Waals surface area contributed by atoms with Crippen LogP contribution in [0.1, 0.15) is 24.2 Å². The molecule has 0 fully saturated rings. The predicted molar refractivity (Wildman–Crippen MR) is 83.1 cm³/mol. The Labute approximate surface area is 124 Å². The normalized spacial score (nSPS) is 14.0. The van der Waals surface area contributed by atoms with Gasteiger partial charge in [-0.25, -0.2) is 0 Å². The fourth-order valence-electron chi connectivity index (χ4n) is 2.02. The molecule has 20 heavy (non-hydrogen) atoms. The molecule has 5 heteroatoms. The van der Waals surface area contributed by atoms with Gasteiger partial charge in [0, 0.05) is 29.4 Å². The van der Waals surface area contributed by atoms with Crippen LogP contribution in [-0.2, 0) is 7.05 Å². The Bertz CT molecular complexity index is 538. The minimum absolute atomic E-state index is 0.105. The van der Waals surface area contributed by atoms with Crippen LogP contribution >= 0.6 is 11.8 Å². The van der Waals surface area contributed by atoms with Gasteiger partial charge in [0.15, 0.2) is 0 Å². The Hall–Kier alpha value is -1.46. The van der Waals surface area contributed by atoms with E-state index < -0.39 is 0 Å². The van der Waals surface area contributed by atoms with E-state index in [2.05, 4.69) is 24.2 Å². The van der Waals surface area contributed by atoms with E-state index in [-0.39, 0.29) is 11.3 Å². The van der Waals surface area contributed by atoms with E-state index in [0.29, 0.717) is 0 Å². The van der Waals surface area contributed by atoms with Gasteiger partial charge in [0.05, 0.1) is 13.3 Å². The molecular weight excluding hydrogens is 270 g/mol. The summed E-state index contributed by atoms with van der Waals surface area (Å²) in [6.07, 6.45) is 4.83. The molecule has 2 N–H and O–H groups in total. The van der Waals surface area contributed by atoms with Crippen molar-refractivity contribution < 1.29 is 4.74 Å². The Morgan fingerprint density at radius 1 is 1.35 bits per heavy atom. The minimum Gasteiger partial charge on any atom is -0.497 e. The molecule has 2 unspecified atom stereocenters. The van der Waals surface area contributed by atoms with Gasteiger partial charge >= 0.3 is 0 Å². The van der Waals surface area contributed by atoms with Gasteiger partial charge in [0.25, 0.3) is 0 Å². The number of rotatable bonds is 6. The summed E-state index contributed by atoms with van der Waals surface area (Å²) in [6, 6.07) is 8.24. The molecule has 1 aromatic heterocycles. The van der Waals surface area contributed by atoms with E-state index in [1.54, 1.807) is 18.9 Å². The van der Waals surface area contributed by atoms with Crippen LogP contribution < -0.4 is 10.5 Å². The van der Waals surface area contributed by atoms with Crippen molar-refractivity contribution >= 4 is 11.8 Å². The van der Waals surface area contributed by atoms with E-state index >= 15 is 0 Å². The summed E-state index contributed by atoms with van der Waals surface area (Å²) in [4.78, 5) is 1.14.